The first kappa shape index (κ1) is 20.5. The highest BCUT2D eigenvalue weighted by molar-refractivity contribution is 7.22. The molecule has 1 aromatic heterocycles. The maximum atomic E-state index is 12.1. The van der Waals surface area contributed by atoms with Gasteiger partial charge in [-0.2, -0.15) is 13.2 Å². The van der Waals surface area contributed by atoms with Gasteiger partial charge in [0.2, 0.25) is 5.91 Å². The molecule has 0 saturated carbocycles. The molecule has 1 amide bonds. The monoisotopic (exact) mass is 383 g/mol. The van der Waals surface area contributed by atoms with Crippen molar-refractivity contribution in [2.75, 3.05) is 11.9 Å². The lowest BCUT2D eigenvalue weighted by molar-refractivity contribution is -0.153. The number of carbonyl (C=O) groups is 1. The molecule has 0 aliphatic carbocycles. The van der Waals surface area contributed by atoms with Crippen molar-refractivity contribution >= 4 is 45.0 Å². The van der Waals surface area contributed by atoms with E-state index in [2.05, 4.69) is 15.0 Å². The zero-order valence-corrected chi connectivity index (χ0v) is 14.4. The van der Waals surface area contributed by atoms with E-state index in [1.165, 1.54) is 12.1 Å². The first-order valence-corrected chi connectivity index (χ1v) is 7.76. The maximum Gasteiger partial charge on any atom is 0.422 e. The largest absolute Gasteiger partial charge is 0.484 e. The Bertz CT molecular complexity index is 693. The van der Waals surface area contributed by atoms with Crippen LogP contribution in [0.2, 0.25) is 0 Å². The Hall–Kier alpha value is -1.58. The molecule has 2 aromatic rings. The fourth-order valence-electron chi connectivity index (χ4n) is 1.85. The van der Waals surface area contributed by atoms with Crippen molar-refractivity contribution < 1.29 is 22.7 Å². The smallest absolute Gasteiger partial charge is 0.422 e. The lowest BCUT2D eigenvalue weighted by Gasteiger charge is -2.08. The highest BCUT2D eigenvalue weighted by Crippen LogP contribution is 2.30. The second kappa shape index (κ2) is 8.50. The predicted octanol–water partition coefficient (Wildman–Crippen LogP) is 3.73. The van der Waals surface area contributed by atoms with Gasteiger partial charge in [-0.3, -0.25) is 4.79 Å². The summed E-state index contributed by atoms with van der Waals surface area (Å²) in [5, 5.41) is 2.97. The number of hydrogen-bond donors (Lipinski definition) is 2. The highest BCUT2D eigenvalue weighted by Gasteiger charge is 2.28. The van der Waals surface area contributed by atoms with Crippen LogP contribution in [0, 0.1) is 0 Å². The molecule has 1 unspecified atom stereocenters. The summed E-state index contributed by atoms with van der Waals surface area (Å²) in [4.78, 5) is 16.0. The summed E-state index contributed by atoms with van der Waals surface area (Å²) in [7, 11) is 0. The molecule has 0 spiro atoms. The molecule has 5 nitrogen and oxygen atoms in total. The van der Waals surface area contributed by atoms with E-state index in [0.717, 1.165) is 17.8 Å². The fraction of sp³-hybridized carbons (Fsp3) is 0.429. The van der Waals surface area contributed by atoms with Gasteiger partial charge in [0.15, 0.2) is 11.7 Å². The Morgan fingerprint density at radius 1 is 1.46 bits per heavy atom. The van der Waals surface area contributed by atoms with E-state index in [9.17, 15) is 18.0 Å². The molecule has 0 radical (unpaired) electrons. The minimum Gasteiger partial charge on any atom is -0.484 e. The Balaban J connectivity index is 0.00000288. The first-order chi connectivity index (χ1) is 10.8. The number of ether oxygens (including phenoxy) is 1. The molecule has 1 aromatic carbocycles. The number of nitrogens with one attached hydrogen (secondary N) is 1. The van der Waals surface area contributed by atoms with E-state index in [0.29, 0.717) is 21.8 Å². The molecule has 0 aliphatic heterocycles. The third kappa shape index (κ3) is 5.81. The second-order valence-corrected chi connectivity index (χ2v) is 5.97. The van der Waals surface area contributed by atoms with Gasteiger partial charge < -0.3 is 15.8 Å². The first-order valence-electron chi connectivity index (χ1n) is 6.95. The molecule has 0 fully saturated rings. The van der Waals surface area contributed by atoms with E-state index in [1.807, 2.05) is 6.92 Å². The number of nitrogens with two attached hydrogens (primary N) is 1. The Kier molecular flexibility index (Phi) is 7.25. The van der Waals surface area contributed by atoms with Crippen molar-refractivity contribution in [3.8, 4) is 5.75 Å². The molecule has 0 bridgehead atoms. The van der Waals surface area contributed by atoms with Crippen LogP contribution in [-0.2, 0) is 4.79 Å². The molecule has 10 heteroatoms. The van der Waals surface area contributed by atoms with E-state index in [-0.39, 0.29) is 24.1 Å². The van der Waals surface area contributed by atoms with Gasteiger partial charge >= 0.3 is 6.18 Å². The second-order valence-electron chi connectivity index (χ2n) is 4.94. The Morgan fingerprint density at radius 3 is 2.79 bits per heavy atom. The number of nitrogens with zero attached hydrogens (tertiary/aromatic N) is 1. The summed E-state index contributed by atoms with van der Waals surface area (Å²) in [5.41, 5.74) is 6.28. The zero-order valence-electron chi connectivity index (χ0n) is 12.7. The van der Waals surface area contributed by atoms with Gasteiger partial charge in [-0.05, 0) is 24.6 Å². The summed E-state index contributed by atoms with van der Waals surface area (Å²) in [6, 6.07) is 3.79. The van der Waals surface area contributed by atoms with E-state index in [4.69, 9.17) is 5.73 Å². The average molecular weight is 384 g/mol. The summed E-state index contributed by atoms with van der Waals surface area (Å²) in [5.74, 6) is -0.238. The van der Waals surface area contributed by atoms with Crippen molar-refractivity contribution in [1.82, 2.24) is 4.98 Å². The van der Waals surface area contributed by atoms with Crippen LogP contribution in [0.25, 0.3) is 10.2 Å². The van der Waals surface area contributed by atoms with Crippen LogP contribution in [-0.4, -0.2) is 29.7 Å². The van der Waals surface area contributed by atoms with Crippen LogP contribution in [0.4, 0.5) is 18.3 Å². The van der Waals surface area contributed by atoms with Crippen molar-refractivity contribution in [2.45, 2.75) is 32.0 Å². The molecule has 1 atom stereocenters. The summed E-state index contributed by atoms with van der Waals surface area (Å²) in [6.45, 7) is 0.570. The number of fused-ring (bicyclic) bond motifs is 1. The number of rotatable bonds is 6. The normalized spacial score (nSPS) is 12.5. The van der Waals surface area contributed by atoms with Crippen LogP contribution in [0.5, 0.6) is 5.75 Å². The number of halogens is 4. The molecule has 3 N–H and O–H groups in total. The number of hydrogen-bond acceptors (Lipinski definition) is 5. The molecule has 1 heterocycles. The molecule has 0 aliphatic rings. The Labute approximate surface area is 146 Å². The molecule has 134 valence electrons. The minimum atomic E-state index is -4.39. The third-order valence-corrected chi connectivity index (χ3v) is 3.86. The quantitative estimate of drug-likeness (QED) is 0.796. The average Bonchev–Trinajstić information content (AvgIpc) is 2.85. The van der Waals surface area contributed by atoms with Gasteiger partial charge in [-0.1, -0.05) is 24.7 Å². The lowest BCUT2D eigenvalue weighted by atomic mass is 10.2. The molecule has 2 rings (SSSR count). The van der Waals surface area contributed by atoms with Crippen molar-refractivity contribution in [3.63, 3.8) is 0 Å². The topological polar surface area (TPSA) is 77.2 Å². The van der Waals surface area contributed by atoms with Gasteiger partial charge in [0.25, 0.3) is 0 Å². The third-order valence-electron chi connectivity index (χ3n) is 2.93. The summed E-state index contributed by atoms with van der Waals surface area (Å²) < 4.78 is 41.7. The number of benzene rings is 1. The number of thiazole rings is 1. The number of amides is 1. The number of anilines is 1. The fourth-order valence-corrected chi connectivity index (χ4v) is 2.75. The van der Waals surface area contributed by atoms with Crippen LogP contribution >= 0.6 is 23.7 Å². The zero-order chi connectivity index (χ0) is 17.0. The number of aromatic nitrogens is 1. The SMILES string of the molecule is CCCC(N)C(=O)Nc1nc2ccc(OCC(F)(F)F)cc2s1.Cl. The lowest BCUT2D eigenvalue weighted by Crippen LogP contribution is -2.35. The Morgan fingerprint density at radius 2 is 2.17 bits per heavy atom. The maximum absolute atomic E-state index is 12.1. The minimum absolute atomic E-state index is 0. The standard InChI is InChI=1S/C14H16F3N3O2S.ClH/c1-2-3-9(18)12(21)20-13-19-10-5-4-8(6-11(10)23-13)22-7-14(15,16)17;/h4-6,9H,2-3,7,18H2,1H3,(H,19,20,21);1H. The number of carbonyl (C=O) groups excluding carboxylic acids is 1. The summed E-state index contributed by atoms with van der Waals surface area (Å²) >= 11 is 1.15. The van der Waals surface area contributed by atoms with E-state index >= 15 is 0 Å². The molecule has 24 heavy (non-hydrogen) atoms. The van der Waals surface area contributed by atoms with Gasteiger partial charge in [0, 0.05) is 0 Å². The predicted molar refractivity (Wildman–Crippen MR) is 89.9 cm³/mol. The van der Waals surface area contributed by atoms with Crippen molar-refractivity contribution in [2.24, 2.45) is 5.73 Å². The van der Waals surface area contributed by atoms with Crippen LogP contribution in [0.1, 0.15) is 19.8 Å². The van der Waals surface area contributed by atoms with Crippen molar-refractivity contribution in [1.29, 1.82) is 0 Å². The molecular formula is C14H17ClF3N3O2S. The van der Waals surface area contributed by atoms with Gasteiger partial charge in [0.1, 0.15) is 5.75 Å². The van der Waals surface area contributed by atoms with Gasteiger partial charge in [-0.25, -0.2) is 4.98 Å². The molecule has 0 saturated heterocycles. The summed E-state index contributed by atoms with van der Waals surface area (Å²) in [6.07, 6.45) is -3.04. The van der Waals surface area contributed by atoms with Crippen LogP contribution in [0.3, 0.4) is 0 Å². The van der Waals surface area contributed by atoms with Crippen LogP contribution < -0.4 is 15.8 Å². The van der Waals surface area contributed by atoms with Gasteiger partial charge in [-0.15, -0.1) is 12.4 Å². The van der Waals surface area contributed by atoms with E-state index in [1.54, 1.807) is 6.07 Å². The highest BCUT2D eigenvalue weighted by atomic mass is 35.5. The van der Waals surface area contributed by atoms with Crippen molar-refractivity contribution in [3.05, 3.63) is 18.2 Å². The molecular weight excluding hydrogens is 367 g/mol. The van der Waals surface area contributed by atoms with E-state index < -0.39 is 18.8 Å². The number of alkyl halides is 3. The van der Waals surface area contributed by atoms with Gasteiger partial charge in [0.05, 0.1) is 16.3 Å². The van der Waals surface area contributed by atoms with Crippen LogP contribution in [0.15, 0.2) is 18.2 Å².